The third-order valence-electron chi connectivity index (χ3n) is 4.20. The minimum Gasteiger partial charge on any atom is -0.378 e. The van der Waals surface area contributed by atoms with Gasteiger partial charge in [-0.3, -0.25) is 0 Å². The second-order valence-electron chi connectivity index (χ2n) is 5.97. The van der Waals surface area contributed by atoms with Gasteiger partial charge < -0.3 is 19.3 Å². The Labute approximate surface area is 161 Å². The molecule has 0 N–H and O–H groups in total. The van der Waals surface area contributed by atoms with Gasteiger partial charge >= 0.3 is 0 Å². The van der Waals surface area contributed by atoms with Crippen molar-refractivity contribution in [3.05, 3.63) is 29.3 Å². The van der Waals surface area contributed by atoms with E-state index in [-0.39, 0.29) is 0 Å². The molecule has 2 fully saturated rings. The van der Waals surface area contributed by atoms with Crippen molar-refractivity contribution < 1.29 is 9.47 Å². The van der Waals surface area contributed by atoms with E-state index in [9.17, 15) is 0 Å². The van der Waals surface area contributed by atoms with E-state index in [1.54, 1.807) is 0 Å². The van der Waals surface area contributed by atoms with Gasteiger partial charge in [0.1, 0.15) is 0 Å². The van der Waals surface area contributed by atoms with Crippen LogP contribution in [0.4, 0.5) is 11.9 Å². The lowest BCUT2D eigenvalue weighted by Gasteiger charge is -2.30. The van der Waals surface area contributed by atoms with Gasteiger partial charge in [0.2, 0.25) is 11.9 Å². The molecule has 0 amide bonds. The summed E-state index contributed by atoms with van der Waals surface area (Å²) in [7, 11) is 0. The van der Waals surface area contributed by atoms with E-state index in [1.165, 1.54) is 11.8 Å². The number of rotatable bonds is 4. The first-order valence-electron chi connectivity index (χ1n) is 8.63. The van der Waals surface area contributed by atoms with Crippen LogP contribution in [-0.2, 0) is 9.47 Å². The Morgan fingerprint density at radius 1 is 0.769 bits per heavy atom. The van der Waals surface area contributed by atoms with Crippen molar-refractivity contribution >= 4 is 35.3 Å². The van der Waals surface area contributed by atoms with Crippen LogP contribution in [0.2, 0.25) is 5.02 Å². The van der Waals surface area contributed by atoms with Gasteiger partial charge in [0.05, 0.1) is 26.4 Å². The fourth-order valence-electron chi connectivity index (χ4n) is 2.80. The van der Waals surface area contributed by atoms with E-state index in [0.717, 1.165) is 31.1 Å². The topological polar surface area (TPSA) is 63.6 Å². The summed E-state index contributed by atoms with van der Waals surface area (Å²) in [5.41, 5.74) is 0. The summed E-state index contributed by atoms with van der Waals surface area (Å²) in [6.45, 7) is 5.93. The molecule has 1 aromatic carbocycles. The molecule has 138 valence electrons. The standard InChI is InChI=1S/C17H20ClN5O2S/c18-13-1-3-14(4-2-13)26-17-20-15(22-5-9-24-10-6-22)19-16(21-17)23-7-11-25-12-8-23/h1-4H,5-12H2. The zero-order valence-corrected chi connectivity index (χ0v) is 15.9. The molecule has 2 aliphatic rings. The van der Waals surface area contributed by atoms with Gasteiger partial charge in [0, 0.05) is 36.1 Å². The summed E-state index contributed by atoms with van der Waals surface area (Å²) >= 11 is 7.50. The van der Waals surface area contributed by atoms with Gasteiger partial charge in [0.15, 0.2) is 5.16 Å². The Hall–Kier alpha value is -1.61. The summed E-state index contributed by atoms with van der Waals surface area (Å²) in [5.74, 6) is 1.42. The summed E-state index contributed by atoms with van der Waals surface area (Å²) in [5, 5.41) is 1.40. The van der Waals surface area contributed by atoms with E-state index >= 15 is 0 Å². The van der Waals surface area contributed by atoms with Crippen LogP contribution in [0, 0.1) is 0 Å². The molecule has 9 heteroatoms. The lowest BCUT2D eigenvalue weighted by atomic mass is 10.4. The Morgan fingerprint density at radius 3 is 1.77 bits per heavy atom. The molecule has 0 aliphatic carbocycles. The van der Waals surface area contributed by atoms with Gasteiger partial charge in [-0.15, -0.1) is 0 Å². The average Bonchev–Trinajstić information content (AvgIpc) is 2.71. The number of hydrogen-bond donors (Lipinski definition) is 0. The van der Waals surface area contributed by atoms with E-state index in [2.05, 4.69) is 19.8 Å². The molecular weight excluding hydrogens is 374 g/mol. The molecule has 0 radical (unpaired) electrons. The Morgan fingerprint density at radius 2 is 1.27 bits per heavy atom. The van der Waals surface area contributed by atoms with Crippen LogP contribution >= 0.6 is 23.4 Å². The van der Waals surface area contributed by atoms with Crippen LogP contribution in [0.15, 0.2) is 34.3 Å². The maximum Gasteiger partial charge on any atom is 0.231 e. The molecule has 2 aromatic rings. The maximum atomic E-state index is 5.98. The first-order valence-corrected chi connectivity index (χ1v) is 9.82. The van der Waals surface area contributed by atoms with Crippen molar-refractivity contribution in [2.75, 3.05) is 62.4 Å². The molecule has 7 nitrogen and oxygen atoms in total. The van der Waals surface area contributed by atoms with Gasteiger partial charge in [-0.1, -0.05) is 11.6 Å². The zero-order chi connectivity index (χ0) is 17.8. The number of aromatic nitrogens is 3. The van der Waals surface area contributed by atoms with Gasteiger partial charge in [-0.25, -0.2) is 0 Å². The molecule has 0 spiro atoms. The van der Waals surface area contributed by atoms with E-state index in [0.29, 0.717) is 48.5 Å². The molecule has 0 bridgehead atoms. The SMILES string of the molecule is Clc1ccc(Sc2nc(N3CCOCC3)nc(N3CCOCC3)n2)cc1. The minimum absolute atomic E-state index is 0.685. The second-order valence-corrected chi connectivity index (χ2v) is 7.45. The third kappa shape index (κ3) is 4.37. The van der Waals surface area contributed by atoms with Crippen molar-refractivity contribution in [2.45, 2.75) is 10.1 Å². The first-order chi connectivity index (χ1) is 12.8. The lowest BCUT2D eigenvalue weighted by molar-refractivity contribution is 0.121. The Kier molecular flexibility index (Phi) is 5.74. The highest BCUT2D eigenvalue weighted by Gasteiger charge is 2.21. The molecule has 1 aromatic heterocycles. The fraction of sp³-hybridized carbons (Fsp3) is 0.471. The van der Waals surface area contributed by atoms with Crippen molar-refractivity contribution in [3.63, 3.8) is 0 Å². The molecule has 26 heavy (non-hydrogen) atoms. The molecular formula is C17H20ClN5O2S. The van der Waals surface area contributed by atoms with Crippen LogP contribution in [0.5, 0.6) is 0 Å². The third-order valence-corrected chi connectivity index (χ3v) is 5.33. The second kappa shape index (κ2) is 8.39. The molecule has 0 atom stereocenters. The number of morpholine rings is 2. The molecule has 2 aliphatic heterocycles. The highest BCUT2D eigenvalue weighted by Crippen LogP contribution is 2.28. The van der Waals surface area contributed by atoms with Crippen LogP contribution < -0.4 is 9.80 Å². The zero-order valence-electron chi connectivity index (χ0n) is 14.3. The predicted molar refractivity (Wildman–Crippen MR) is 101 cm³/mol. The van der Waals surface area contributed by atoms with Gasteiger partial charge in [-0.05, 0) is 36.0 Å². The Bertz CT molecular complexity index is 700. The molecule has 2 saturated heterocycles. The molecule has 3 heterocycles. The van der Waals surface area contributed by atoms with Crippen molar-refractivity contribution in [3.8, 4) is 0 Å². The smallest absolute Gasteiger partial charge is 0.231 e. The summed E-state index contributed by atoms with van der Waals surface area (Å²) in [4.78, 5) is 19.5. The molecule has 4 rings (SSSR count). The van der Waals surface area contributed by atoms with Crippen molar-refractivity contribution in [1.82, 2.24) is 15.0 Å². The maximum absolute atomic E-state index is 5.98. The number of benzene rings is 1. The molecule has 0 saturated carbocycles. The van der Waals surface area contributed by atoms with Gasteiger partial charge in [-0.2, -0.15) is 15.0 Å². The summed E-state index contributed by atoms with van der Waals surface area (Å²) in [6, 6.07) is 7.69. The lowest BCUT2D eigenvalue weighted by Crippen LogP contribution is -2.40. The average molecular weight is 394 g/mol. The first kappa shape index (κ1) is 17.8. The van der Waals surface area contributed by atoms with Crippen LogP contribution in [0.25, 0.3) is 0 Å². The highest BCUT2D eigenvalue weighted by atomic mass is 35.5. The van der Waals surface area contributed by atoms with Crippen molar-refractivity contribution in [2.24, 2.45) is 0 Å². The van der Waals surface area contributed by atoms with Crippen molar-refractivity contribution in [1.29, 1.82) is 0 Å². The summed E-state index contributed by atoms with van der Waals surface area (Å²) < 4.78 is 10.9. The van der Waals surface area contributed by atoms with Gasteiger partial charge in [0.25, 0.3) is 0 Å². The monoisotopic (exact) mass is 393 g/mol. The predicted octanol–water partition coefficient (Wildman–Crippen LogP) is 2.35. The number of ether oxygens (including phenoxy) is 2. The van der Waals surface area contributed by atoms with Crippen LogP contribution in [0.3, 0.4) is 0 Å². The normalized spacial score (nSPS) is 18.2. The van der Waals surface area contributed by atoms with Crippen LogP contribution in [0.1, 0.15) is 0 Å². The van der Waals surface area contributed by atoms with E-state index in [4.69, 9.17) is 26.1 Å². The quantitative estimate of drug-likeness (QED) is 0.784. The van der Waals surface area contributed by atoms with E-state index < -0.39 is 0 Å². The van der Waals surface area contributed by atoms with Crippen LogP contribution in [-0.4, -0.2) is 67.6 Å². The minimum atomic E-state index is 0.685. The Balaban J connectivity index is 1.63. The fourth-order valence-corrected chi connectivity index (χ4v) is 3.66. The number of hydrogen-bond acceptors (Lipinski definition) is 8. The molecule has 0 unspecified atom stereocenters. The largest absolute Gasteiger partial charge is 0.378 e. The summed E-state index contributed by atoms with van der Waals surface area (Å²) in [6.07, 6.45) is 0. The number of halogens is 1. The number of nitrogens with zero attached hydrogens (tertiary/aromatic N) is 5. The van der Waals surface area contributed by atoms with E-state index in [1.807, 2.05) is 24.3 Å². The highest BCUT2D eigenvalue weighted by molar-refractivity contribution is 7.99. The number of anilines is 2.